The molecule has 0 aromatic heterocycles. The van der Waals surface area contributed by atoms with Crippen LogP contribution < -0.4 is 0 Å². The number of hydrogen-bond acceptors (Lipinski definition) is 0. The minimum Gasteiger partial charge on any atom is -0.238 e. The van der Waals surface area contributed by atoms with Crippen LogP contribution in [-0.2, 0) is 6.42 Å². The van der Waals surface area contributed by atoms with Gasteiger partial charge in [-0.15, -0.1) is 0 Å². The Morgan fingerprint density at radius 3 is 2.69 bits per heavy atom. The summed E-state index contributed by atoms with van der Waals surface area (Å²) in [6.45, 7) is 11.0. The van der Waals surface area contributed by atoms with Crippen molar-refractivity contribution in [2.45, 2.75) is 20.3 Å². The van der Waals surface area contributed by atoms with Gasteiger partial charge in [0.25, 0.3) is 0 Å². The maximum Gasteiger partial charge on any atom is 0.190 e. The van der Waals surface area contributed by atoms with Crippen molar-refractivity contribution in [1.29, 1.82) is 0 Å². The Hall–Kier alpha value is -1.36. The van der Waals surface area contributed by atoms with Crippen LogP contribution in [0.4, 0.5) is 10.1 Å². The third-order valence-corrected chi connectivity index (χ3v) is 1.79. The van der Waals surface area contributed by atoms with Crippen molar-refractivity contribution >= 4 is 5.69 Å². The van der Waals surface area contributed by atoms with E-state index in [-0.39, 0.29) is 5.82 Å². The summed E-state index contributed by atoms with van der Waals surface area (Å²) in [6.07, 6.45) is 0.759. The molecule has 0 bridgehead atoms. The lowest BCUT2D eigenvalue weighted by Gasteiger charge is -2.06. The van der Waals surface area contributed by atoms with Gasteiger partial charge in [-0.2, -0.15) is 0 Å². The molecule has 1 aromatic rings. The van der Waals surface area contributed by atoms with Gasteiger partial charge < -0.3 is 0 Å². The molecule has 0 atom stereocenters. The molecule has 0 spiro atoms. The molecule has 1 aromatic carbocycles. The highest BCUT2D eigenvalue weighted by atomic mass is 19.1. The first-order chi connectivity index (χ1) is 6.13. The van der Waals surface area contributed by atoms with Crippen LogP contribution in [0.25, 0.3) is 4.85 Å². The average Bonchev–Trinajstić information content (AvgIpc) is 2.03. The molecule has 0 fully saturated rings. The Morgan fingerprint density at radius 1 is 1.46 bits per heavy atom. The van der Waals surface area contributed by atoms with Crippen molar-refractivity contribution in [3.05, 3.63) is 41.0 Å². The zero-order chi connectivity index (χ0) is 9.84. The van der Waals surface area contributed by atoms with E-state index in [1.807, 2.05) is 0 Å². The molecule has 0 unspecified atom stereocenters. The summed E-state index contributed by atoms with van der Waals surface area (Å²) in [4.78, 5) is 3.35. The van der Waals surface area contributed by atoms with E-state index in [1.54, 1.807) is 6.07 Å². The molecule has 0 aliphatic carbocycles. The van der Waals surface area contributed by atoms with E-state index in [4.69, 9.17) is 6.57 Å². The highest BCUT2D eigenvalue weighted by Gasteiger charge is 2.05. The maximum absolute atomic E-state index is 12.8. The number of rotatable bonds is 2. The molecular formula is C11H12FN. The number of benzene rings is 1. The fraction of sp³-hybridized carbons (Fsp3) is 0.364. The van der Waals surface area contributed by atoms with Gasteiger partial charge in [0.2, 0.25) is 0 Å². The van der Waals surface area contributed by atoms with E-state index in [9.17, 15) is 4.39 Å². The molecule has 68 valence electrons. The number of halogens is 1. The third kappa shape index (κ3) is 2.55. The largest absolute Gasteiger partial charge is 0.238 e. The van der Waals surface area contributed by atoms with Crippen LogP contribution in [0.15, 0.2) is 18.2 Å². The second-order valence-corrected chi connectivity index (χ2v) is 3.48. The maximum atomic E-state index is 12.8. The molecule has 0 amide bonds. The quantitative estimate of drug-likeness (QED) is 0.608. The van der Waals surface area contributed by atoms with Gasteiger partial charge in [-0.3, -0.25) is 0 Å². The van der Waals surface area contributed by atoms with E-state index in [0.29, 0.717) is 11.6 Å². The summed E-state index contributed by atoms with van der Waals surface area (Å²) in [7, 11) is 0. The van der Waals surface area contributed by atoms with Gasteiger partial charge in [0, 0.05) is 0 Å². The lowest BCUT2D eigenvalue weighted by molar-refractivity contribution is 0.614. The van der Waals surface area contributed by atoms with Gasteiger partial charge in [-0.1, -0.05) is 19.9 Å². The van der Waals surface area contributed by atoms with Gasteiger partial charge in [-0.05, 0) is 30.0 Å². The van der Waals surface area contributed by atoms with Crippen molar-refractivity contribution in [2.24, 2.45) is 5.92 Å². The highest BCUT2D eigenvalue weighted by Crippen LogP contribution is 2.22. The minimum atomic E-state index is -0.261. The highest BCUT2D eigenvalue weighted by molar-refractivity contribution is 5.52. The van der Waals surface area contributed by atoms with Crippen molar-refractivity contribution < 1.29 is 4.39 Å². The Balaban J connectivity index is 3.03. The lowest BCUT2D eigenvalue weighted by Crippen LogP contribution is -1.94. The molecule has 0 aliphatic heterocycles. The van der Waals surface area contributed by atoms with Crippen molar-refractivity contribution in [3.8, 4) is 0 Å². The van der Waals surface area contributed by atoms with E-state index in [0.717, 1.165) is 12.0 Å². The lowest BCUT2D eigenvalue weighted by atomic mass is 10.0. The van der Waals surface area contributed by atoms with Crippen molar-refractivity contribution in [3.63, 3.8) is 0 Å². The summed E-state index contributed by atoms with van der Waals surface area (Å²) >= 11 is 0. The number of hydrogen-bond donors (Lipinski definition) is 0. The predicted octanol–water partition coefficient (Wildman–Crippen LogP) is 3.57. The fourth-order valence-corrected chi connectivity index (χ4v) is 1.27. The molecule has 13 heavy (non-hydrogen) atoms. The van der Waals surface area contributed by atoms with Crippen LogP contribution >= 0.6 is 0 Å². The number of nitrogens with zero attached hydrogens (tertiary/aromatic N) is 1. The van der Waals surface area contributed by atoms with Crippen LogP contribution in [-0.4, -0.2) is 0 Å². The van der Waals surface area contributed by atoms with E-state index in [1.165, 1.54) is 12.1 Å². The molecule has 0 saturated heterocycles. The summed E-state index contributed by atoms with van der Waals surface area (Å²) in [5.74, 6) is 0.186. The summed E-state index contributed by atoms with van der Waals surface area (Å²) < 4.78 is 12.8. The monoisotopic (exact) mass is 177 g/mol. The van der Waals surface area contributed by atoms with Gasteiger partial charge >= 0.3 is 0 Å². The SMILES string of the molecule is [C-]#[N+]c1ccc(F)cc1CC(C)C. The molecule has 0 heterocycles. The Kier molecular flexibility index (Phi) is 3.02. The molecule has 0 aliphatic rings. The van der Waals surface area contributed by atoms with Crippen molar-refractivity contribution in [1.82, 2.24) is 0 Å². The van der Waals surface area contributed by atoms with Gasteiger partial charge in [0.15, 0.2) is 5.69 Å². The van der Waals surface area contributed by atoms with Crippen LogP contribution in [0.3, 0.4) is 0 Å². The van der Waals surface area contributed by atoms with Crippen LogP contribution in [0.2, 0.25) is 0 Å². The van der Waals surface area contributed by atoms with E-state index in [2.05, 4.69) is 18.7 Å². The Morgan fingerprint density at radius 2 is 2.15 bits per heavy atom. The van der Waals surface area contributed by atoms with Gasteiger partial charge in [-0.25, -0.2) is 9.24 Å². The van der Waals surface area contributed by atoms with Crippen LogP contribution in [0, 0.1) is 18.3 Å². The first kappa shape index (κ1) is 9.73. The van der Waals surface area contributed by atoms with Crippen LogP contribution in [0.1, 0.15) is 19.4 Å². The molecular weight excluding hydrogens is 165 g/mol. The third-order valence-electron chi connectivity index (χ3n) is 1.79. The molecule has 0 saturated carbocycles. The topological polar surface area (TPSA) is 4.36 Å². The molecule has 1 rings (SSSR count). The smallest absolute Gasteiger partial charge is 0.190 e. The summed E-state index contributed by atoms with van der Waals surface area (Å²) in [5.41, 5.74) is 1.38. The summed E-state index contributed by atoms with van der Waals surface area (Å²) in [5, 5.41) is 0. The Bertz CT molecular complexity index is 336. The molecule has 1 nitrogen and oxygen atoms in total. The zero-order valence-electron chi connectivity index (χ0n) is 7.84. The van der Waals surface area contributed by atoms with Crippen LogP contribution in [0.5, 0.6) is 0 Å². The molecule has 0 radical (unpaired) electrons. The van der Waals surface area contributed by atoms with Gasteiger partial charge in [0.05, 0.1) is 6.57 Å². The molecule has 2 heteroatoms. The molecule has 0 N–H and O–H groups in total. The summed E-state index contributed by atoms with van der Waals surface area (Å²) in [6, 6.07) is 4.32. The van der Waals surface area contributed by atoms with Crippen molar-refractivity contribution in [2.75, 3.05) is 0 Å². The normalized spacial score (nSPS) is 10.1. The first-order valence-electron chi connectivity index (χ1n) is 4.29. The van der Waals surface area contributed by atoms with E-state index >= 15 is 0 Å². The fourth-order valence-electron chi connectivity index (χ4n) is 1.27. The predicted molar refractivity (Wildman–Crippen MR) is 51.2 cm³/mol. The van der Waals surface area contributed by atoms with E-state index < -0.39 is 0 Å². The van der Waals surface area contributed by atoms with Gasteiger partial charge in [0.1, 0.15) is 5.82 Å². The zero-order valence-corrected chi connectivity index (χ0v) is 7.84. The Labute approximate surface area is 78.0 Å². The average molecular weight is 177 g/mol. The minimum absolute atomic E-state index is 0.261. The standard InChI is InChI=1S/C11H12FN/c1-8(2)6-9-7-10(12)4-5-11(9)13-3/h4-5,7-8H,6H2,1-2H3. The first-order valence-corrected chi connectivity index (χ1v) is 4.29. The second kappa shape index (κ2) is 4.04. The second-order valence-electron chi connectivity index (χ2n) is 3.48.